The third kappa shape index (κ3) is 1.70. The molecule has 1 aliphatic rings. The van der Waals surface area contributed by atoms with E-state index in [-0.39, 0.29) is 5.78 Å². The third-order valence-electron chi connectivity index (χ3n) is 1.32. The zero-order chi connectivity index (χ0) is 7.56. The minimum Gasteiger partial charge on any atom is -0.311 e. The first-order chi connectivity index (χ1) is 4.70. The summed E-state index contributed by atoms with van der Waals surface area (Å²) in [7, 11) is 0. The van der Waals surface area contributed by atoms with Crippen LogP contribution in [0.2, 0.25) is 0 Å². The van der Waals surface area contributed by atoms with Gasteiger partial charge in [-0.25, -0.2) is 0 Å². The van der Waals surface area contributed by atoms with Gasteiger partial charge in [0.05, 0.1) is 6.54 Å². The highest BCUT2D eigenvalue weighted by Gasteiger charge is 2.07. The van der Waals surface area contributed by atoms with Crippen molar-refractivity contribution in [3.63, 3.8) is 0 Å². The molecule has 3 heteroatoms. The summed E-state index contributed by atoms with van der Waals surface area (Å²) < 4.78 is 1.80. The smallest absolute Gasteiger partial charge is 0.157 e. The summed E-state index contributed by atoms with van der Waals surface area (Å²) in [6, 6.07) is 0. The van der Waals surface area contributed by atoms with Crippen molar-refractivity contribution in [3.8, 4) is 0 Å². The zero-order valence-corrected chi connectivity index (χ0v) is 7.26. The van der Waals surface area contributed by atoms with Gasteiger partial charge in [-0.3, -0.25) is 4.79 Å². The van der Waals surface area contributed by atoms with E-state index in [0.717, 1.165) is 5.57 Å². The van der Waals surface area contributed by atoms with Gasteiger partial charge in [0, 0.05) is 27.9 Å². The van der Waals surface area contributed by atoms with Crippen molar-refractivity contribution in [2.24, 2.45) is 0 Å². The fraction of sp³-hybridized carbons (Fsp3) is 0.286. The SMILES string of the molecule is CC(=O)C1=CC=CN(Br)C1. The van der Waals surface area contributed by atoms with Gasteiger partial charge in [-0.2, -0.15) is 0 Å². The van der Waals surface area contributed by atoms with Gasteiger partial charge in [0.15, 0.2) is 5.78 Å². The monoisotopic (exact) mass is 201 g/mol. The van der Waals surface area contributed by atoms with Crippen LogP contribution >= 0.6 is 16.1 Å². The van der Waals surface area contributed by atoms with Crippen molar-refractivity contribution in [2.45, 2.75) is 6.92 Å². The highest BCUT2D eigenvalue weighted by atomic mass is 79.9. The number of hydrogen-bond acceptors (Lipinski definition) is 2. The quantitative estimate of drug-likeness (QED) is 0.602. The Morgan fingerprint density at radius 2 is 2.50 bits per heavy atom. The molecule has 0 atom stereocenters. The molecule has 1 rings (SSSR count). The lowest BCUT2D eigenvalue weighted by Gasteiger charge is -2.14. The van der Waals surface area contributed by atoms with E-state index in [1.807, 2.05) is 18.4 Å². The van der Waals surface area contributed by atoms with E-state index in [1.54, 1.807) is 10.8 Å². The van der Waals surface area contributed by atoms with Gasteiger partial charge in [-0.05, 0) is 13.0 Å². The van der Waals surface area contributed by atoms with E-state index in [0.29, 0.717) is 6.54 Å². The Morgan fingerprint density at radius 3 is 2.90 bits per heavy atom. The Balaban J connectivity index is 2.71. The first-order valence-electron chi connectivity index (χ1n) is 3.01. The molecular weight excluding hydrogens is 194 g/mol. The summed E-state index contributed by atoms with van der Waals surface area (Å²) in [5, 5.41) is 0. The van der Waals surface area contributed by atoms with E-state index in [4.69, 9.17) is 0 Å². The van der Waals surface area contributed by atoms with Crippen LogP contribution in [0.25, 0.3) is 0 Å². The second kappa shape index (κ2) is 3.01. The second-order valence-electron chi connectivity index (χ2n) is 2.15. The number of rotatable bonds is 1. The number of hydrogen-bond donors (Lipinski definition) is 0. The maximum absolute atomic E-state index is 10.8. The average Bonchev–Trinajstić information content (AvgIpc) is 1.88. The molecule has 54 valence electrons. The summed E-state index contributed by atoms with van der Waals surface area (Å²) in [6.45, 7) is 2.23. The topological polar surface area (TPSA) is 20.3 Å². The molecule has 1 heterocycles. The molecule has 0 aliphatic carbocycles. The van der Waals surface area contributed by atoms with E-state index >= 15 is 0 Å². The van der Waals surface area contributed by atoms with Crippen LogP contribution < -0.4 is 0 Å². The number of allylic oxidation sites excluding steroid dienone is 2. The Morgan fingerprint density at radius 1 is 1.80 bits per heavy atom. The highest BCUT2D eigenvalue weighted by molar-refractivity contribution is 9.07. The van der Waals surface area contributed by atoms with Gasteiger partial charge >= 0.3 is 0 Å². The molecule has 0 amide bonds. The predicted molar refractivity (Wildman–Crippen MR) is 43.5 cm³/mol. The molecule has 0 saturated carbocycles. The summed E-state index contributed by atoms with van der Waals surface area (Å²) in [6.07, 6.45) is 5.54. The fourth-order valence-electron chi connectivity index (χ4n) is 0.749. The largest absolute Gasteiger partial charge is 0.311 e. The summed E-state index contributed by atoms with van der Waals surface area (Å²) in [5.74, 6) is 0.133. The number of ketones is 1. The maximum atomic E-state index is 10.8. The van der Waals surface area contributed by atoms with Crippen LogP contribution in [0.5, 0.6) is 0 Å². The van der Waals surface area contributed by atoms with Crippen molar-refractivity contribution in [1.29, 1.82) is 0 Å². The van der Waals surface area contributed by atoms with Crippen LogP contribution in [0.3, 0.4) is 0 Å². The van der Waals surface area contributed by atoms with Crippen molar-refractivity contribution in [1.82, 2.24) is 3.93 Å². The highest BCUT2D eigenvalue weighted by Crippen LogP contribution is 2.11. The van der Waals surface area contributed by atoms with Crippen molar-refractivity contribution >= 4 is 21.9 Å². The summed E-state index contributed by atoms with van der Waals surface area (Å²) >= 11 is 3.25. The number of nitrogens with zero attached hydrogens (tertiary/aromatic N) is 1. The Hall–Kier alpha value is -0.570. The minimum absolute atomic E-state index is 0.133. The Bertz CT molecular complexity index is 208. The van der Waals surface area contributed by atoms with Gasteiger partial charge in [0.1, 0.15) is 0 Å². The van der Waals surface area contributed by atoms with Gasteiger partial charge < -0.3 is 3.93 Å². The van der Waals surface area contributed by atoms with Crippen molar-refractivity contribution in [3.05, 3.63) is 23.9 Å². The van der Waals surface area contributed by atoms with Crippen LogP contribution in [0.15, 0.2) is 23.9 Å². The second-order valence-corrected chi connectivity index (χ2v) is 3.06. The van der Waals surface area contributed by atoms with E-state index < -0.39 is 0 Å². The normalized spacial score (nSPS) is 17.0. The van der Waals surface area contributed by atoms with E-state index in [2.05, 4.69) is 16.1 Å². The molecule has 0 aromatic carbocycles. The molecule has 0 unspecified atom stereocenters. The van der Waals surface area contributed by atoms with Crippen LogP contribution in [0.4, 0.5) is 0 Å². The standard InChI is InChI=1S/C7H8BrNO/c1-6(10)7-3-2-4-9(8)5-7/h2-4H,5H2,1H3. The molecule has 0 bridgehead atoms. The molecule has 0 fully saturated rings. The molecule has 2 nitrogen and oxygen atoms in total. The van der Waals surface area contributed by atoms with Crippen LogP contribution in [0.1, 0.15) is 6.92 Å². The number of carbonyl (C=O) groups is 1. The first-order valence-corrected chi connectivity index (χ1v) is 3.72. The van der Waals surface area contributed by atoms with Crippen LogP contribution in [-0.2, 0) is 4.79 Å². The predicted octanol–water partition coefficient (Wildman–Crippen LogP) is 1.64. The number of carbonyl (C=O) groups excluding carboxylic acids is 1. The fourth-order valence-corrected chi connectivity index (χ4v) is 1.16. The molecule has 0 saturated heterocycles. The molecule has 0 aromatic rings. The van der Waals surface area contributed by atoms with Crippen LogP contribution in [0, 0.1) is 0 Å². The summed E-state index contributed by atoms with van der Waals surface area (Å²) in [5.41, 5.74) is 0.833. The molecule has 10 heavy (non-hydrogen) atoms. The van der Waals surface area contributed by atoms with Gasteiger partial charge in [0.2, 0.25) is 0 Å². The van der Waals surface area contributed by atoms with Crippen molar-refractivity contribution < 1.29 is 4.79 Å². The van der Waals surface area contributed by atoms with Gasteiger partial charge in [-0.15, -0.1) is 0 Å². The Kier molecular flexibility index (Phi) is 2.27. The van der Waals surface area contributed by atoms with Gasteiger partial charge in [-0.1, -0.05) is 6.08 Å². The number of halogens is 1. The molecule has 0 aromatic heterocycles. The number of Topliss-reactive ketones (excluding diaryl/α,β-unsaturated/α-hetero) is 1. The average molecular weight is 202 g/mol. The Labute approximate surface area is 68.5 Å². The minimum atomic E-state index is 0.133. The van der Waals surface area contributed by atoms with Crippen LogP contribution in [-0.4, -0.2) is 16.3 Å². The lowest BCUT2D eigenvalue weighted by atomic mass is 10.1. The molecule has 0 N–H and O–H groups in total. The molecule has 0 radical (unpaired) electrons. The lowest BCUT2D eigenvalue weighted by molar-refractivity contribution is -0.113. The maximum Gasteiger partial charge on any atom is 0.157 e. The third-order valence-corrected chi connectivity index (χ3v) is 1.81. The lowest BCUT2D eigenvalue weighted by Crippen LogP contribution is -2.15. The molecular formula is C7H8BrNO. The first kappa shape index (κ1) is 7.54. The molecule has 1 aliphatic heterocycles. The van der Waals surface area contributed by atoms with Gasteiger partial charge in [0.25, 0.3) is 0 Å². The zero-order valence-electron chi connectivity index (χ0n) is 5.67. The molecule has 0 spiro atoms. The summed E-state index contributed by atoms with van der Waals surface area (Å²) in [4.78, 5) is 10.8. The van der Waals surface area contributed by atoms with Crippen molar-refractivity contribution in [2.75, 3.05) is 6.54 Å². The van der Waals surface area contributed by atoms with E-state index in [1.165, 1.54) is 0 Å². The van der Waals surface area contributed by atoms with E-state index in [9.17, 15) is 4.79 Å².